The molecule has 1 heterocycles. The van der Waals surface area contributed by atoms with Crippen molar-refractivity contribution in [3.8, 4) is 0 Å². The van der Waals surface area contributed by atoms with E-state index < -0.39 is 0 Å². The van der Waals surface area contributed by atoms with Gasteiger partial charge in [0.25, 0.3) is 0 Å². The number of aromatic nitrogens is 2. The van der Waals surface area contributed by atoms with Crippen molar-refractivity contribution >= 4 is 15.9 Å². The van der Waals surface area contributed by atoms with Crippen LogP contribution in [0.4, 0.5) is 0 Å². The molecule has 2 rings (SSSR count). The number of hydrogen-bond donors (Lipinski definition) is 2. The van der Waals surface area contributed by atoms with Crippen molar-refractivity contribution in [2.24, 2.45) is 12.9 Å². The fraction of sp³-hybridized carbons (Fsp3) is 0.769. The summed E-state index contributed by atoms with van der Waals surface area (Å²) in [5.74, 6) is 5.85. The van der Waals surface area contributed by atoms with Gasteiger partial charge in [0.05, 0.1) is 28.0 Å². The zero-order valence-corrected chi connectivity index (χ0v) is 13.2. The first-order valence-corrected chi connectivity index (χ1v) is 7.62. The van der Waals surface area contributed by atoms with E-state index in [1.165, 1.54) is 25.7 Å². The summed E-state index contributed by atoms with van der Waals surface area (Å²) in [6, 6.07) is -0.0579. The van der Waals surface area contributed by atoms with E-state index in [9.17, 15) is 0 Å². The molecule has 0 amide bonds. The predicted octanol–water partition coefficient (Wildman–Crippen LogP) is 2.43. The summed E-state index contributed by atoms with van der Waals surface area (Å²) in [6.07, 6.45) is 8.76. The maximum absolute atomic E-state index is 5.94. The Bertz CT molecular complexity index is 393. The van der Waals surface area contributed by atoms with Gasteiger partial charge in [-0.15, -0.1) is 0 Å². The topological polar surface area (TPSA) is 65.1 Å². The van der Waals surface area contributed by atoms with E-state index in [4.69, 9.17) is 10.6 Å². The summed E-state index contributed by atoms with van der Waals surface area (Å²) in [5.41, 5.74) is 3.76. The molecule has 108 valence electrons. The van der Waals surface area contributed by atoms with E-state index in [0.29, 0.717) is 0 Å². The Morgan fingerprint density at radius 3 is 2.47 bits per heavy atom. The van der Waals surface area contributed by atoms with Crippen LogP contribution in [0.25, 0.3) is 0 Å². The minimum atomic E-state index is -0.248. The van der Waals surface area contributed by atoms with Crippen LogP contribution in [0.5, 0.6) is 0 Å². The van der Waals surface area contributed by atoms with Crippen molar-refractivity contribution < 1.29 is 4.74 Å². The van der Waals surface area contributed by atoms with Gasteiger partial charge in [-0.05, 0) is 28.8 Å². The monoisotopic (exact) mass is 330 g/mol. The Morgan fingerprint density at radius 1 is 1.42 bits per heavy atom. The van der Waals surface area contributed by atoms with Gasteiger partial charge in [-0.1, -0.05) is 25.7 Å². The SMILES string of the molecule is COC1(C(NN)c2c(Br)cnn2C)CCCCCC1. The second-order valence-corrected chi connectivity index (χ2v) is 6.14. The number of rotatable bonds is 4. The second-order valence-electron chi connectivity index (χ2n) is 5.28. The average molecular weight is 331 g/mol. The standard InChI is InChI=1S/C13H23BrN4O/c1-18-11(10(14)9-16-18)12(17-15)13(19-2)7-5-3-4-6-8-13/h9,12,17H,3-8,15H2,1-2H3. The Labute approximate surface area is 123 Å². The second kappa shape index (κ2) is 6.35. The molecule has 0 spiro atoms. The summed E-state index contributed by atoms with van der Waals surface area (Å²) in [7, 11) is 3.73. The third-order valence-electron chi connectivity index (χ3n) is 4.26. The molecule has 0 aromatic carbocycles. The number of aryl methyl sites for hydroxylation is 1. The van der Waals surface area contributed by atoms with Crippen LogP contribution >= 0.6 is 15.9 Å². The molecule has 0 bridgehead atoms. The van der Waals surface area contributed by atoms with Gasteiger partial charge in [0.2, 0.25) is 0 Å². The lowest BCUT2D eigenvalue weighted by Crippen LogP contribution is -2.48. The molecule has 19 heavy (non-hydrogen) atoms. The summed E-state index contributed by atoms with van der Waals surface area (Å²) < 4.78 is 8.77. The third kappa shape index (κ3) is 2.86. The van der Waals surface area contributed by atoms with Crippen LogP contribution in [-0.4, -0.2) is 22.5 Å². The minimum Gasteiger partial charge on any atom is -0.376 e. The van der Waals surface area contributed by atoms with Crippen molar-refractivity contribution in [3.63, 3.8) is 0 Å². The molecule has 1 aliphatic rings. The molecule has 1 aromatic heterocycles. The first-order chi connectivity index (χ1) is 9.14. The van der Waals surface area contributed by atoms with Crippen molar-refractivity contribution in [2.45, 2.75) is 50.2 Å². The van der Waals surface area contributed by atoms with Gasteiger partial charge in [0, 0.05) is 14.2 Å². The maximum atomic E-state index is 5.94. The lowest BCUT2D eigenvalue weighted by Gasteiger charge is -2.39. The molecule has 3 N–H and O–H groups in total. The molecular formula is C13H23BrN4O. The molecule has 6 heteroatoms. The van der Waals surface area contributed by atoms with Gasteiger partial charge in [0.1, 0.15) is 0 Å². The predicted molar refractivity (Wildman–Crippen MR) is 78.4 cm³/mol. The summed E-state index contributed by atoms with van der Waals surface area (Å²) in [4.78, 5) is 0. The Hall–Kier alpha value is -0.430. The highest BCUT2D eigenvalue weighted by atomic mass is 79.9. The first kappa shape index (κ1) is 15.0. The number of halogens is 1. The van der Waals surface area contributed by atoms with Crippen LogP contribution in [0.2, 0.25) is 0 Å². The number of hydrazine groups is 1. The molecular weight excluding hydrogens is 308 g/mol. The fourth-order valence-electron chi connectivity index (χ4n) is 3.16. The molecule has 1 unspecified atom stereocenters. The van der Waals surface area contributed by atoms with E-state index in [0.717, 1.165) is 23.0 Å². The van der Waals surface area contributed by atoms with E-state index in [2.05, 4.69) is 26.5 Å². The molecule has 1 aromatic rings. The quantitative estimate of drug-likeness (QED) is 0.505. The van der Waals surface area contributed by atoms with Crippen molar-refractivity contribution in [3.05, 3.63) is 16.4 Å². The van der Waals surface area contributed by atoms with Gasteiger partial charge in [-0.2, -0.15) is 5.10 Å². The smallest absolute Gasteiger partial charge is 0.0929 e. The maximum Gasteiger partial charge on any atom is 0.0929 e. The first-order valence-electron chi connectivity index (χ1n) is 6.83. The highest BCUT2D eigenvalue weighted by Crippen LogP contribution is 2.41. The number of hydrogen-bond acceptors (Lipinski definition) is 4. The number of nitrogens with two attached hydrogens (primary N) is 1. The average Bonchev–Trinajstić information content (AvgIpc) is 2.65. The third-order valence-corrected chi connectivity index (χ3v) is 4.87. The van der Waals surface area contributed by atoms with Crippen molar-refractivity contribution in [1.29, 1.82) is 0 Å². The van der Waals surface area contributed by atoms with E-state index in [1.807, 2.05) is 11.7 Å². The molecule has 1 saturated carbocycles. The van der Waals surface area contributed by atoms with Crippen LogP contribution < -0.4 is 11.3 Å². The molecule has 5 nitrogen and oxygen atoms in total. The number of ether oxygens (including phenoxy) is 1. The Kier molecular flexibility index (Phi) is 5.00. The van der Waals surface area contributed by atoms with Crippen LogP contribution in [0, 0.1) is 0 Å². The zero-order valence-electron chi connectivity index (χ0n) is 11.7. The van der Waals surface area contributed by atoms with E-state index >= 15 is 0 Å². The largest absolute Gasteiger partial charge is 0.376 e. The van der Waals surface area contributed by atoms with Crippen LogP contribution in [0.3, 0.4) is 0 Å². The molecule has 1 atom stereocenters. The van der Waals surface area contributed by atoms with Gasteiger partial charge in [-0.25, -0.2) is 5.43 Å². The van der Waals surface area contributed by atoms with Crippen LogP contribution in [0.15, 0.2) is 10.7 Å². The zero-order chi connectivity index (χ0) is 13.9. The van der Waals surface area contributed by atoms with E-state index in [1.54, 1.807) is 13.3 Å². The Morgan fingerprint density at radius 2 is 2.05 bits per heavy atom. The lowest BCUT2D eigenvalue weighted by atomic mass is 9.84. The van der Waals surface area contributed by atoms with Gasteiger partial charge < -0.3 is 4.74 Å². The summed E-state index contributed by atoms with van der Waals surface area (Å²) in [6.45, 7) is 0. The normalized spacial score (nSPS) is 21.1. The van der Waals surface area contributed by atoms with E-state index in [-0.39, 0.29) is 11.6 Å². The lowest BCUT2D eigenvalue weighted by molar-refractivity contribution is -0.0561. The summed E-state index contributed by atoms with van der Waals surface area (Å²) in [5, 5.41) is 4.29. The van der Waals surface area contributed by atoms with Gasteiger partial charge in [0.15, 0.2) is 0 Å². The van der Waals surface area contributed by atoms with Crippen molar-refractivity contribution in [1.82, 2.24) is 15.2 Å². The minimum absolute atomic E-state index is 0.0579. The van der Waals surface area contributed by atoms with Crippen LogP contribution in [-0.2, 0) is 11.8 Å². The number of methoxy groups -OCH3 is 1. The highest BCUT2D eigenvalue weighted by Gasteiger charge is 2.41. The Balaban J connectivity index is 2.37. The summed E-state index contributed by atoms with van der Waals surface area (Å²) >= 11 is 3.56. The molecule has 1 aliphatic carbocycles. The van der Waals surface area contributed by atoms with Gasteiger partial charge in [-0.3, -0.25) is 10.5 Å². The molecule has 1 fully saturated rings. The molecule has 0 aliphatic heterocycles. The molecule has 0 radical (unpaired) electrons. The highest BCUT2D eigenvalue weighted by molar-refractivity contribution is 9.10. The fourth-order valence-corrected chi connectivity index (χ4v) is 3.74. The van der Waals surface area contributed by atoms with Crippen LogP contribution in [0.1, 0.15) is 50.3 Å². The number of nitrogens with one attached hydrogen (secondary N) is 1. The van der Waals surface area contributed by atoms with Crippen molar-refractivity contribution in [2.75, 3.05) is 7.11 Å². The molecule has 0 saturated heterocycles. The number of nitrogens with zero attached hydrogens (tertiary/aromatic N) is 2. The van der Waals surface area contributed by atoms with Gasteiger partial charge >= 0.3 is 0 Å².